The van der Waals surface area contributed by atoms with Gasteiger partial charge in [0.15, 0.2) is 5.78 Å². The molecular weight excluding hydrogens is 424 g/mol. The maximum Gasteiger partial charge on any atom is 0.166 e. The van der Waals surface area contributed by atoms with Crippen LogP contribution in [0.2, 0.25) is 0 Å². The summed E-state index contributed by atoms with van der Waals surface area (Å²) in [5, 5.41) is 31.9. The number of carbonyl (C=O) groups is 1. The highest BCUT2D eigenvalue weighted by Gasteiger charge is 2.65. The van der Waals surface area contributed by atoms with E-state index in [1.165, 1.54) is 33.1 Å². The van der Waals surface area contributed by atoms with Crippen molar-refractivity contribution in [1.29, 1.82) is 0 Å². The van der Waals surface area contributed by atoms with Crippen LogP contribution in [0.1, 0.15) is 107 Å². The van der Waals surface area contributed by atoms with Crippen molar-refractivity contribution < 1.29 is 20.1 Å². The summed E-state index contributed by atoms with van der Waals surface area (Å²) in [6, 6.07) is 0. The fourth-order valence-corrected chi connectivity index (χ4v) is 9.49. The van der Waals surface area contributed by atoms with Crippen molar-refractivity contribution in [2.45, 2.75) is 125 Å². The Morgan fingerprint density at radius 3 is 2.32 bits per heavy atom. The number of rotatable bonds is 5. The predicted molar refractivity (Wildman–Crippen MR) is 136 cm³/mol. The van der Waals surface area contributed by atoms with Gasteiger partial charge in [-0.3, -0.25) is 4.79 Å². The molecule has 0 aliphatic heterocycles. The number of allylic oxidation sites excluding steroid dienone is 2. The molecule has 4 heteroatoms. The number of fused-ring (bicyclic) bond motifs is 5. The largest absolute Gasteiger partial charge is 0.393 e. The van der Waals surface area contributed by atoms with Crippen LogP contribution < -0.4 is 0 Å². The van der Waals surface area contributed by atoms with Gasteiger partial charge in [-0.2, -0.15) is 0 Å². The van der Waals surface area contributed by atoms with Gasteiger partial charge in [0.1, 0.15) is 5.60 Å². The summed E-state index contributed by atoms with van der Waals surface area (Å²) >= 11 is 0. The minimum atomic E-state index is -1.40. The molecule has 0 aromatic rings. The van der Waals surface area contributed by atoms with Crippen LogP contribution in [0, 0.1) is 45.3 Å². The fourth-order valence-electron chi connectivity index (χ4n) is 9.49. The molecule has 3 N–H and O–H groups in total. The van der Waals surface area contributed by atoms with Crippen LogP contribution in [0.25, 0.3) is 0 Å². The van der Waals surface area contributed by atoms with Crippen molar-refractivity contribution in [3.8, 4) is 0 Å². The van der Waals surface area contributed by atoms with Gasteiger partial charge in [0, 0.05) is 6.42 Å². The molecule has 4 rings (SSSR count). The van der Waals surface area contributed by atoms with E-state index in [1.54, 1.807) is 5.57 Å². The third kappa shape index (κ3) is 3.60. The number of hydrogen-bond donors (Lipinski definition) is 3. The predicted octanol–water partition coefficient (Wildman–Crippen LogP) is 5.68. The van der Waals surface area contributed by atoms with Gasteiger partial charge in [0.05, 0.1) is 12.2 Å². The fraction of sp³-hybridized carbons (Fsp3) is 0.900. The third-order valence-electron chi connectivity index (χ3n) is 12.2. The Kier molecular flexibility index (Phi) is 6.32. The first-order valence-electron chi connectivity index (χ1n) is 13.8. The van der Waals surface area contributed by atoms with E-state index >= 15 is 0 Å². The zero-order chi connectivity index (χ0) is 25.5. The Hall–Kier alpha value is -0.710. The van der Waals surface area contributed by atoms with Gasteiger partial charge in [-0.1, -0.05) is 53.2 Å². The van der Waals surface area contributed by atoms with E-state index in [4.69, 9.17) is 0 Å². The number of carbonyl (C=O) groups excluding carboxylic acids is 1. The average Bonchev–Trinajstić information content (AvgIpc) is 3.01. The van der Waals surface area contributed by atoms with Crippen LogP contribution in [0.5, 0.6) is 0 Å². The van der Waals surface area contributed by atoms with E-state index in [0.717, 1.165) is 25.7 Å². The maximum absolute atomic E-state index is 12.4. The first kappa shape index (κ1) is 26.4. The van der Waals surface area contributed by atoms with E-state index in [1.807, 2.05) is 0 Å². The molecule has 0 aromatic heterocycles. The van der Waals surface area contributed by atoms with Gasteiger partial charge in [0.2, 0.25) is 0 Å². The molecule has 194 valence electrons. The molecule has 4 aliphatic carbocycles. The Bertz CT molecular complexity index is 852. The molecule has 9 atom stereocenters. The van der Waals surface area contributed by atoms with Crippen LogP contribution in [-0.4, -0.2) is 38.9 Å². The molecule has 0 aromatic carbocycles. The smallest absolute Gasteiger partial charge is 0.166 e. The number of aliphatic hydroxyl groups is 3. The molecule has 0 bridgehead atoms. The molecule has 4 nitrogen and oxygen atoms in total. The zero-order valence-electron chi connectivity index (χ0n) is 22.9. The van der Waals surface area contributed by atoms with Gasteiger partial charge < -0.3 is 15.3 Å². The van der Waals surface area contributed by atoms with Crippen LogP contribution in [0.3, 0.4) is 0 Å². The number of aliphatic hydroxyl groups excluding tert-OH is 2. The second kappa shape index (κ2) is 8.15. The first-order chi connectivity index (χ1) is 15.5. The number of Topliss-reactive ketones (excluding diaryl/α,β-unsaturated/α-hetero) is 1. The molecule has 0 heterocycles. The minimum absolute atomic E-state index is 0.0174. The highest BCUT2D eigenvalue weighted by Crippen LogP contribution is 2.73. The summed E-state index contributed by atoms with van der Waals surface area (Å²) in [4.78, 5) is 12.4. The van der Waals surface area contributed by atoms with Crippen molar-refractivity contribution in [3.05, 3.63) is 11.6 Å². The summed E-state index contributed by atoms with van der Waals surface area (Å²) in [5.41, 5.74) is 0.654. The normalized spacial score (nSPS) is 45.4. The molecule has 0 spiro atoms. The Morgan fingerprint density at radius 1 is 1.06 bits per heavy atom. The topological polar surface area (TPSA) is 77.8 Å². The van der Waals surface area contributed by atoms with Gasteiger partial charge in [-0.15, -0.1) is 0 Å². The van der Waals surface area contributed by atoms with Crippen molar-refractivity contribution in [2.24, 2.45) is 45.3 Å². The van der Waals surface area contributed by atoms with Gasteiger partial charge in [0.25, 0.3) is 0 Å². The summed E-state index contributed by atoms with van der Waals surface area (Å²) in [5.74, 6) is 1.17. The van der Waals surface area contributed by atoms with E-state index in [9.17, 15) is 20.1 Å². The van der Waals surface area contributed by atoms with Crippen molar-refractivity contribution in [2.75, 3.05) is 0 Å². The molecule has 0 unspecified atom stereocenters. The maximum atomic E-state index is 12.4. The summed E-state index contributed by atoms with van der Waals surface area (Å²) in [6.07, 6.45) is 9.28. The van der Waals surface area contributed by atoms with E-state index < -0.39 is 11.7 Å². The lowest BCUT2D eigenvalue weighted by atomic mass is 9.41. The van der Waals surface area contributed by atoms with Gasteiger partial charge >= 0.3 is 0 Å². The minimum Gasteiger partial charge on any atom is -0.393 e. The molecule has 0 saturated heterocycles. The molecule has 0 radical (unpaired) electrons. The highest BCUT2D eigenvalue weighted by molar-refractivity contribution is 5.86. The molecular formula is C30H50O4. The van der Waals surface area contributed by atoms with Gasteiger partial charge in [-0.25, -0.2) is 0 Å². The number of hydrogen-bond acceptors (Lipinski definition) is 4. The van der Waals surface area contributed by atoms with Crippen LogP contribution in [0.4, 0.5) is 0 Å². The molecule has 4 aliphatic rings. The zero-order valence-corrected chi connectivity index (χ0v) is 22.9. The van der Waals surface area contributed by atoms with Crippen LogP contribution in [0.15, 0.2) is 11.6 Å². The van der Waals surface area contributed by atoms with E-state index in [0.29, 0.717) is 17.8 Å². The Balaban J connectivity index is 1.62. The number of ketones is 1. The van der Waals surface area contributed by atoms with Crippen LogP contribution in [-0.2, 0) is 4.79 Å². The standard InChI is InChI=1S/C30H50O4/c1-18(22(31)17-25(33)27(4,5)34)19-11-15-30(8)21-9-10-23-26(2,3)24(32)13-14-28(23,6)20(21)12-16-29(19,30)7/h12,18-19,21-24,31-32,34H,9-11,13-17H2,1-8H3/t18-,19+,21+,22+,23-,24-,28+,29+,30-/m0/s1. The Morgan fingerprint density at radius 2 is 1.71 bits per heavy atom. The lowest BCUT2D eigenvalue weighted by Gasteiger charge is -2.64. The summed E-state index contributed by atoms with van der Waals surface area (Å²) in [6.45, 7) is 17.1. The highest BCUT2D eigenvalue weighted by atomic mass is 16.3. The lowest BCUT2D eigenvalue weighted by Crippen LogP contribution is -2.57. The van der Waals surface area contributed by atoms with Gasteiger partial charge in [-0.05, 0) is 104 Å². The van der Waals surface area contributed by atoms with E-state index in [-0.39, 0.29) is 45.9 Å². The van der Waals surface area contributed by atoms with Crippen molar-refractivity contribution >= 4 is 5.78 Å². The summed E-state index contributed by atoms with van der Waals surface area (Å²) < 4.78 is 0. The monoisotopic (exact) mass is 474 g/mol. The second-order valence-electron chi connectivity index (χ2n) is 14.4. The summed E-state index contributed by atoms with van der Waals surface area (Å²) in [7, 11) is 0. The average molecular weight is 475 g/mol. The van der Waals surface area contributed by atoms with E-state index in [2.05, 4.69) is 47.6 Å². The SMILES string of the molecule is C[C@H]([C@H](O)CC(=O)C(C)(C)O)[C@H]1CC[C@@]2(C)[C@@H]3CC[C@H]4C(C)(C)[C@@H](O)CC[C@]4(C)C3=CC[C@]12C. The second-order valence-corrected chi connectivity index (χ2v) is 14.4. The van der Waals surface area contributed by atoms with Crippen molar-refractivity contribution in [3.63, 3.8) is 0 Å². The third-order valence-corrected chi connectivity index (χ3v) is 12.2. The lowest BCUT2D eigenvalue weighted by molar-refractivity contribution is -0.138. The van der Waals surface area contributed by atoms with Crippen LogP contribution >= 0.6 is 0 Å². The van der Waals surface area contributed by atoms with Crippen molar-refractivity contribution in [1.82, 2.24) is 0 Å². The molecule has 3 saturated carbocycles. The quantitative estimate of drug-likeness (QED) is 0.448. The molecule has 34 heavy (non-hydrogen) atoms. The first-order valence-corrected chi connectivity index (χ1v) is 13.8. The molecule has 0 amide bonds. The Labute approximate surface area is 207 Å². The molecule has 3 fully saturated rings.